The van der Waals surface area contributed by atoms with Gasteiger partial charge in [-0.05, 0) is 30.4 Å². The first kappa shape index (κ1) is 18.7. The topological polar surface area (TPSA) is 59.9 Å². The van der Waals surface area contributed by atoms with Gasteiger partial charge in [-0.3, -0.25) is 9.89 Å². The first-order valence-corrected chi connectivity index (χ1v) is 9.07. The number of nitrogens with zero attached hydrogens (tertiary/aromatic N) is 2. The van der Waals surface area contributed by atoms with Crippen LogP contribution in [-0.2, 0) is 13.0 Å². The van der Waals surface area contributed by atoms with Crippen LogP contribution >= 0.6 is 0 Å². The fraction of sp³-hybridized carbons (Fsp3) is 0.632. The summed E-state index contributed by atoms with van der Waals surface area (Å²) in [6, 6.07) is 8.59. The van der Waals surface area contributed by atoms with Gasteiger partial charge in [-0.25, -0.2) is 0 Å². The van der Waals surface area contributed by atoms with Crippen LogP contribution in [0.2, 0.25) is 0 Å². The highest BCUT2D eigenvalue weighted by Crippen LogP contribution is 2.18. The predicted octanol–water partition coefficient (Wildman–Crippen LogP) is 1.62. The van der Waals surface area contributed by atoms with Crippen molar-refractivity contribution in [1.29, 1.82) is 0 Å². The van der Waals surface area contributed by atoms with Crippen LogP contribution in [0.3, 0.4) is 0 Å². The fourth-order valence-corrected chi connectivity index (χ4v) is 2.90. The number of hydrogen-bond acceptors (Lipinski definition) is 3. The Morgan fingerprint density at radius 2 is 2.00 bits per heavy atom. The van der Waals surface area contributed by atoms with Crippen molar-refractivity contribution in [2.75, 3.05) is 32.7 Å². The minimum atomic E-state index is -0.404. The average molecular weight is 332 g/mol. The van der Waals surface area contributed by atoms with Crippen LogP contribution in [0.15, 0.2) is 29.3 Å². The minimum absolute atomic E-state index is 0.404. The molecule has 0 amide bonds. The van der Waals surface area contributed by atoms with Crippen LogP contribution in [0.4, 0.5) is 0 Å². The molecule has 134 valence electrons. The second kappa shape index (κ2) is 9.64. The Morgan fingerprint density at radius 3 is 2.71 bits per heavy atom. The largest absolute Gasteiger partial charge is 0.390 e. The van der Waals surface area contributed by atoms with Crippen molar-refractivity contribution in [1.82, 2.24) is 15.5 Å². The van der Waals surface area contributed by atoms with E-state index in [1.54, 1.807) is 0 Å². The molecule has 5 nitrogen and oxygen atoms in total. The van der Waals surface area contributed by atoms with Gasteiger partial charge in [0, 0.05) is 39.3 Å². The van der Waals surface area contributed by atoms with Gasteiger partial charge in [-0.15, -0.1) is 0 Å². The molecule has 5 heteroatoms. The highest BCUT2D eigenvalue weighted by molar-refractivity contribution is 5.79. The number of nitrogens with one attached hydrogen (secondary N) is 2. The van der Waals surface area contributed by atoms with Crippen molar-refractivity contribution in [3.05, 3.63) is 35.4 Å². The molecule has 0 bridgehead atoms. The average Bonchev–Trinajstić information content (AvgIpc) is 2.57. The zero-order valence-electron chi connectivity index (χ0n) is 15.3. The van der Waals surface area contributed by atoms with Gasteiger partial charge in [0.05, 0.1) is 6.10 Å². The van der Waals surface area contributed by atoms with E-state index < -0.39 is 6.10 Å². The van der Waals surface area contributed by atoms with E-state index in [9.17, 15) is 5.11 Å². The summed E-state index contributed by atoms with van der Waals surface area (Å²) < 4.78 is 0. The molecule has 2 rings (SSSR count). The first-order chi connectivity index (χ1) is 11.6. The first-order valence-electron chi connectivity index (χ1n) is 9.07. The van der Waals surface area contributed by atoms with Crippen LogP contribution in [0.5, 0.6) is 0 Å². The highest BCUT2D eigenvalue weighted by Gasteiger charge is 2.18. The number of aliphatic imine (C=N–C) groups is 1. The van der Waals surface area contributed by atoms with Gasteiger partial charge in [0.1, 0.15) is 0 Å². The van der Waals surface area contributed by atoms with Crippen molar-refractivity contribution < 1.29 is 5.11 Å². The van der Waals surface area contributed by atoms with Gasteiger partial charge in [0.2, 0.25) is 0 Å². The number of aliphatic hydroxyl groups is 1. The third-order valence-electron chi connectivity index (χ3n) is 4.14. The Hall–Kier alpha value is -1.59. The van der Waals surface area contributed by atoms with Crippen molar-refractivity contribution >= 4 is 5.96 Å². The van der Waals surface area contributed by atoms with Crippen molar-refractivity contribution in [2.24, 2.45) is 10.9 Å². The van der Waals surface area contributed by atoms with Gasteiger partial charge in [-0.1, -0.05) is 38.1 Å². The molecule has 1 heterocycles. The van der Waals surface area contributed by atoms with Crippen molar-refractivity contribution in [3.63, 3.8) is 0 Å². The summed E-state index contributed by atoms with van der Waals surface area (Å²) >= 11 is 0. The lowest BCUT2D eigenvalue weighted by Crippen LogP contribution is -2.45. The van der Waals surface area contributed by atoms with Crippen LogP contribution in [0.25, 0.3) is 0 Å². The molecule has 1 atom stereocenters. The van der Waals surface area contributed by atoms with E-state index >= 15 is 0 Å². The fourth-order valence-electron chi connectivity index (χ4n) is 2.90. The molecular weight excluding hydrogens is 300 g/mol. The lowest BCUT2D eigenvalue weighted by molar-refractivity contribution is 0.108. The summed E-state index contributed by atoms with van der Waals surface area (Å²) in [6.45, 7) is 11.1. The third-order valence-corrected chi connectivity index (χ3v) is 4.14. The molecule has 0 radical (unpaired) electrons. The minimum Gasteiger partial charge on any atom is -0.390 e. The lowest BCUT2D eigenvalue weighted by Gasteiger charge is -2.30. The molecule has 3 N–H and O–H groups in total. The third kappa shape index (κ3) is 6.13. The Morgan fingerprint density at radius 1 is 1.25 bits per heavy atom. The summed E-state index contributed by atoms with van der Waals surface area (Å²) in [5.74, 6) is 1.31. The monoisotopic (exact) mass is 332 g/mol. The predicted molar refractivity (Wildman–Crippen MR) is 100 cm³/mol. The van der Waals surface area contributed by atoms with E-state index in [1.807, 2.05) is 6.92 Å². The van der Waals surface area contributed by atoms with Crippen LogP contribution < -0.4 is 10.6 Å². The van der Waals surface area contributed by atoms with Crippen LogP contribution in [0, 0.1) is 5.92 Å². The van der Waals surface area contributed by atoms with E-state index in [2.05, 4.69) is 58.6 Å². The number of aliphatic hydroxyl groups excluding tert-OH is 1. The molecular formula is C19H32N4O. The Labute approximate surface area is 146 Å². The molecule has 1 aromatic carbocycles. The Bertz CT molecular complexity index is 530. The van der Waals surface area contributed by atoms with Crippen LogP contribution in [-0.4, -0.2) is 54.8 Å². The smallest absolute Gasteiger partial charge is 0.191 e. The lowest BCUT2D eigenvalue weighted by atomic mass is 10.00. The van der Waals surface area contributed by atoms with E-state index in [0.29, 0.717) is 19.0 Å². The molecule has 1 aromatic rings. The van der Waals surface area contributed by atoms with Gasteiger partial charge in [0.15, 0.2) is 5.96 Å². The Kier molecular flexibility index (Phi) is 7.53. The van der Waals surface area contributed by atoms with E-state index in [1.165, 1.54) is 11.1 Å². The number of rotatable bonds is 7. The molecule has 0 spiro atoms. The number of guanidine groups is 1. The SMILES string of the molecule is CCNC(=NCC(C)C)NCC(O)CN1CCc2ccccc2C1. The molecule has 1 unspecified atom stereocenters. The molecule has 0 aromatic heterocycles. The number of benzene rings is 1. The van der Waals surface area contributed by atoms with E-state index in [4.69, 9.17) is 0 Å². The maximum absolute atomic E-state index is 10.4. The highest BCUT2D eigenvalue weighted by atomic mass is 16.3. The van der Waals surface area contributed by atoms with Gasteiger partial charge in [-0.2, -0.15) is 0 Å². The van der Waals surface area contributed by atoms with Gasteiger partial charge < -0.3 is 15.7 Å². The number of fused-ring (bicyclic) bond motifs is 1. The van der Waals surface area contributed by atoms with E-state index in [-0.39, 0.29) is 0 Å². The molecule has 0 fully saturated rings. The maximum Gasteiger partial charge on any atom is 0.191 e. The van der Waals surface area contributed by atoms with Crippen LogP contribution in [0.1, 0.15) is 31.9 Å². The second-order valence-corrected chi connectivity index (χ2v) is 6.90. The van der Waals surface area contributed by atoms with Gasteiger partial charge >= 0.3 is 0 Å². The zero-order valence-corrected chi connectivity index (χ0v) is 15.3. The normalized spacial score (nSPS) is 16.8. The number of β-amino-alcohol motifs (C(OH)–C–C–N with tert-alkyl or cyclic N) is 1. The molecule has 0 saturated heterocycles. The second-order valence-electron chi connectivity index (χ2n) is 6.90. The molecule has 1 aliphatic rings. The molecule has 0 saturated carbocycles. The summed E-state index contributed by atoms with van der Waals surface area (Å²) in [4.78, 5) is 6.86. The molecule has 0 aliphatic carbocycles. The zero-order chi connectivity index (χ0) is 17.4. The quantitative estimate of drug-likeness (QED) is 0.524. The maximum atomic E-state index is 10.4. The summed E-state index contributed by atoms with van der Waals surface area (Å²) in [5, 5.41) is 16.8. The standard InChI is InChI=1S/C19H32N4O/c1-4-20-19(21-11-15(2)3)22-12-18(24)14-23-10-9-16-7-5-6-8-17(16)13-23/h5-8,15,18,24H,4,9-14H2,1-3H3,(H2,20,21,22). The van der Waals surface area contributed by atoms with Crippen molar-refractivity contribution in [2.45, 2.75) is 39.8 Å². The van der Waals surface area contributed by atoms with Gasteiger partial charge in [0.25, 0.3) is 0 Å². The van der Waals surface area contributed by atoms with E-state index in [0.717, 1.165) is 38.6 Å². The Balaban J connectivity index is 1.78. The summed E-state index contributed by atoms with van der Waals surface area (Å²) in [6.07, 6.45) is 0.660. The molecule has 1 aliphatic heterocycles. The number of hydrogen-bond donors (Lipinski definition) is 3. The van der Waals surface area contributed by atoms with Crippen molar-refractivity contribution in [3.8, 4) is 0 Å². The molecule has 24 heavy (non-hydrogen) atoms. The summed E-state index contributed by atoms with van der Waals surface area (Å²) in [5.41, 5.74) is 2.83. The summed E-state index contributed by atoms with van der Waals surface area (Å²) in [7, 11) is 0.